The first-order valence-corrected chi connectivity index (χ1v) is 4.43. The summed E-state index contributed by atoms with van der Waals surface area (Å²) in [5.74, 6) is -0.641. The van der Waals surface area contributed by atoms with E-state index in [0.29, 0.717) is 5.75 Å². The summed E-state index contributed by atoms with van der Waals surface area (Å²) in [5.41, 5.74) is 0. The Morgan fingerprint density at radius 2 is 2.15 bits per heavy atom. The van der Waals surface area contributed by atoms with E-state index in [1.54, 1.807) is 6.07 Å². The number of esters is 1. The van der Waals surface area contributed by atoms with Crippen LogP contribution in [0.25, 0.3) is 0 Å². The molecule has 0 spiro atoms. The van der Waals surface area contributed by atoms with Gasteiger partial charge >= 0.3 is 5.97 Å². The Morgan fingerprint density at radius 1 is 1.46 bits per heavy atom. The zero-order valence-electron chi connectivity index (χ0n) is 6.87. The maximum atomic E-state index is 12.9. The highest BCUT2D eigenvalue weighted by Gasteiger charge is 2.06. The molecule has 0 fully saturated rings. The van der Waals surface area contributed by atoms with Crippen LogP contribution in [0, 0.1) is 5.82 Å². The van der Waals surface area contributed by atoms with Gasteiger partial charge in [-0.1, -0.05) is 12.1 Å². The topological polar surface area (TPSA) is 26.3 Å². The third-order valence-electron chi connectivity index (χ3n) is 1.38. The molecule has 13 heavy (non-hydrogen) atoms. The second-order valence-electron chi connectivity index (χ2n) is 2.38. The zero-order chi connectivity index (χ0) is 9.68. The van der Waals surface area contributed by atoms with Crippen molar-refractivity contribution in [2.24, 2.45) is 0 Å². The minimum absolute atomic E-state index is 0.0331. The lowest BCUT2D eigenvalue weighted by Crippen LogP contribution is -2.09. The van der Waals surface area contributed by atoms with Crippen molar-refractivity contribution < 1.29 is 13.9 Å². The molecule has 0 N–H and O–H groups in total. The maximum Gasteiger partial charge on any atom is 0.312 e. The van der Waals surface area contributed by atoms with Crippen molar-refractivity contribution in [1.82, 2.24) is 0 Å². The number of benzene rings is 1. The van der Waals surface area contributed by atoms with E-state index in [4.69, 9.17) is 4.74 Å². The van der Waals surface area contributed by atoms with E-state index in [2.05, 4.69) is 12.6 Å². The lowest BCUT2D eigenvalue weighted by molar-refractivity contribution is -0.134. The molecule has 0 aliphatic rings. The molecule has 0 saturated heterocycles. The second kappa shape index (κ2) is 4.87. The van der Waals surface area contributed by atoms with Crippen LogP contribution in [-0.4, -0.2) is 11.7 Å². The van der Waals surface area contributed by atoms with Crippen molar-refractivity contribution in [3.05, 3.63) is 30.1 Å². The molecule has 1 rings (SSSR count). The molecular weight excluding hydrogens is 191 g/mol. The SMILES string of the molecule is O=C(CCS)Oc1ccccc1F. The van der Waals surface area contributed by atoms with E-state index in [9.17, 15) is 9.18 Å². The number of carbonyl (C=O) groups is 1. The van der Waals surface area contributed by atoms with Crippen LogP contribution < -0.4 is 4.74 Å². The molecular formula is C9H9FO2S. The van der Waals surface area contributed by atoms with Gasteiger partial charge in [0.15, 0.2) is 11.6 Å². The molecule has 0 atom stereocenters. The van der Waals surface area contributed by atoms with Gasteiger partial charge in [0.2, 0.25) is 0 Å². The lowest BCUT2D eigenvalue weighted by atomic mass is 10.3. The second-order valence-corrected chi connectivity index (χ2v) is 2.83. The van der Waals surface area contributed by atoms with Gasteiger partial charge in [0.05, 0.1) is 6.42 Å². The highest BCUT2D eigenvalue weighted by Crippen LogP contribution is 2.15. The van der Waals surface area contributed by atoms with Gasteiger partial charge in [0, 0.05) is 5.75 Å². The highest BCUT2D eigenvalue weighted by molar-refractivity contribution is 7.80. The zero-order valence-corrected chi connectivity index (χ0v) is 7.76. The Bertz CT molecular complexity index is 301. The molecule has 0 saturated carbocycles. The van der Waals surface area contributed by atoms with Gasteiger partial charge in [-0.25, -0.2) is 4.39 Å². The Labute approximate surface area is 81.1 Å². The fourth-order valence-corrected chi connectivity index (χ4v) is 0.975. The number of thiol groups is 1. The monoisotopic (exact) mass is 200 g/mol. The van der Waals surface area contributed by atoms with Gasteiger partial charge in [-0.2, -0.15) is 12.6 Å². The van der Waals surface area contributed by atoms with E-state index in [1.165, 1.54) is 18.2 Å². The summed E-state index contributed by atoms with van der Waals surface area (Å²) in [5, 5.41) is 0. The average molecular weight is 200 g/mol. The molecule has 70 valence electrons. The van der Waals surface area contributed by atoms with Crippen molar-refractivity contribution in [2.75, 3.05) is 5.75 Å². The van der Waals surface area contributed by atoms with Crippen molar-refractivity contribution in [2.45, 2.75) is 6.42 Å². The predicted molar refractivity (Wildman–Crippen MR) is 50.5 cm³/mol. The first kappa shape index (κ1) is 10.1. The van der Waals surface area contributed by atoms with Gasteiger partial charge < -0.3 is 4.74 Å². The quantitative estimate of drug-likeness (QED) is 0.459. The van der Waals surface area contributed by atoms with Gasteiger partial charge in [0.25, 0.3) is 0 Å². The molecule has 0 bridgehead atoms. The average Bonchev–Trinajstić information content (AvgIpc) is 2.09. The first-order chi connectivity index (χ1) is 6.24. The molecule has 1 aromatic carbocycles. The first-order valence-electron chi connectivity index (χ1n) is 3.80. The Hall–Kier alpha value is -1.03. The molecule has 0 heterocycles. The smallest absolute Gasteiger partial charge is 0.312 e. The largest absolute Gasteiger partial charge is 0.423 e. The third-order valence-corrected chi connectivity index (χ3v) is 1.60. The number of ether oxygens (including phenoxy) is 1. The fourth-order valence-electron chi connectivity index (χ4n) is 0.792. The molecule has 0 unspecified atom stereocenters. The Kier molecular flexibility index (Phi) is 3.76. The van der Waals surface area contributed by atoms with Crippen LogP contribution in [0.5, 0.6) is 5.75 Å². The fraction of sp³-hybridized carbons (Fsp3) is 0.222. The molecule has 0 aromatic heterocycles. The van der Waals surface area contributed by atoms with Crippen LogP contribution in [0.1, 0.15) is 6.42 Å². The van der Waals surface area contributed by atoms with Crippen LogP contribution >= 0.6 is 12.6 Å². The van der Waals surface area contributed by atoms with Crippen LogP contribution in [0.3, 0.4) is 0 Å². The van der Waals surface area contributed by atoms with E-state index >= 15 is 0 Å². The Balaban J connectivity index is 2.63. The van der Waals surface area contributed by atoms with Gasteiger partial charge in [-0.3, -0.25) is 4.79 Å². The summed E-state index contributed by atoms with van der Waals surface area (Å²) in [4.78, 5) is 10.9. The summed E-state index contributed by atoms with van der Waals surface area (Å²) >= 11 is 3.86. The maximum absolute atomic E-state index is 12.9. The van der Waals surface area contributed by atoms with Crippen molar-refractivity contribution >= 4 is 18.6 Å². The van der Waals surface area contributed by atoms with E-state index in [-0.39, 0.29) is 12.2 Å². The Morgan fingerprint density at radius 3 is 2.77 bits per heavy atom. The number of halogens is 1. The number of carbonyl (C=O) groups excluding carboxylic acids is 1. The lowest BCUT2D eigenvalue weighted by Gasteiger charge is -2.03. The number of hydrogen-bond donors (Lipinski definition) is 1. The van der Waals surface area contributed by atoms with Gasteiger partial charge in [-0.05, 0) is 12.1 Å². The summed E-state index contributed by atoms with van der Waals surface area (Å²) in [7, 11) is 0. The van der Waals surface area contributed by atoms with Crippen molar-refractivity contribution in [3.63, 3.8) is 0 Å². The molecule has 1 aromatic rings. The molecule has 0 radical (unpaired) electrons. The minimum atomic E-state index is -0.532. The van der Waals surface area contributed by atoms with Crippen LogP contribution in [0.15, 0.2) is 24.3 Å². The summed E-state index contributed by atoms with van der Waals surface area (Å²) in [6, 6.07) is 5.78. The normalized spacial score (nSPS) is 9.69. The van der Waals surface area contributed by atoms with E-state index < -0.39 is 11.8 Å². The molecule has 2 nitrogen and oxygen atoms in total. The molecule has 0 aliphatic heterocycles. The van der Waals surface area contributed by atoms with Gasteiger partial charge in [0.1, 0.15) is 0 Å². The standard InChI is InChI=1S/C9H9FO2S/c10-7-3-1-2-4-8(7)12-9(11)5-6-13/h1-4,13H,5-6H2. The number of hydrogen-bond acceptors (Lipinski definition) is 3. The third kappa shape index (κ3) is 3.06. The highest BCUT2D eigenvalue weighted by atomic mass is 32.1. The molecule has 4 heteroatoms. The van der Waals surface area contributed by atoms with Crippen LogP contribution in [0.2, 0.25) is 0 Å². The van der Waals surface area contributed by atoms with Crippen LogP contribution in [0.4, 0.5) is 4.39 Å². The molecule has 0 amide bonds. The predicted octanol–water partition coefficient (Wildman–Crippen LogP) is 2.05. The summed E-state index contributed by atoms with van der Waals surface area (Å²) in [6.07, 6.45) is 0.178. The summed E-state index contributed by atoms with van der Waals surface area (Å²) < 4.78 is 17.6. The minimum Gasteiger partial charge on any atom is -0.423 e. The van der Waals surface area contributed by atoms with Crippen molar-refractivity contribution in [3.8, 4) is 5.75 Å². The summed E-state index contributed by atoms with van der Waals surface area (Å²) in [6.45, 7) is 0. The van der Waals surface area contributed by atoms with Gasteiger partial charge in [-0.15, -0.1) is 0 Å². The van der Waals surface area contributed by atoms with Crippen LogP contribution in [-0.2, 0) is 4.79 Å². The van der Waals surface area contributed by atoms with E-state index in [1.807, 2.05) is 0 Å². The number of rotatable bonds is 3. The molecule has 0 aliphatic carbocycles. The van der Waals surface area contributed by atoms with E-state index in [0.717, 1.165) is 0 Å². The number of para-hydroxylation sites is 1. The van der Waals surface area contributed by atoms with Crippen molar-refractivity contribution in [1.29, 1.82) is 0 Å².